The molecule has 2 N–H and O–H groups in total. The second-order valence-corrected chi connectivity index (χ2v) is 8.25. The molecule has 0 bridgehead atoms. The van der Waals surface area contributed by atoms with Crippen LogP contribution in [0.15, 0.2) is 82.1 Å². The van der Waals surface area contributed by atoms with Gasteiger partial charge in [0.05, 0.1) is 10.6 Å². The van der Waals surface area contributed by atoms with Crippen LogP contribution in [0.5, 0.6) is 11.5 Å². The van der Waals surface area contributed by atoms with E-state index in [1.54, 1.807) is 43.3 Å². The number of ether oxygens (including phenoxy) is 1. The minimum atomic E-state index is -3.92. The number of hydrogen-bond acceptors (Lipinski definition) is 5. The van der Waals surface area contributed by atoms with Crippen molar-refractivity contribution < 1.29 is 27.5 Å². The summed E-state index contributed by atoms with van der Waals surface area (Å²) >= 11 is 0. The van der Waals surface area contributed by atoms with Gasteiger partial charge in [-0.1, -0.05) is 24.3 Å². The summed E-state index contributed by atoms with van der Waals surface area (Å²) < 4.78 is 39.3. The van der Waals surface area contributed by atoms with E-state index in [4.69, 9.17) is 9.15 Å². The van der Waals surface area contributed by atoms with Crippen molar-refractivity contribution in [1.29, 1.82) is 0 Å². The average Bonchev–Trinajstić information content (AvgIpc) is 3.05. The number of carboxylic acid groups (broad SMARTS) is 1. The molecule has 0 radical (unpaired) electrons. The minimum Gasteiger partial charge on any atom is -0.475 e. The maximum absolute atomic E-state index is 12.9. The van der Waals surface area contributed by atoms with Crippen molar-refractivity contribution >= 4 is 32.6 Å². The first-order valence-electron chi connectivity index (χ1n) is 8.96. The first-order chi connectivity index (χ1) is 14.3. The van der Waals surface area contributed by atoms with Crippen LogP contribution in [0, 0.1) is 6.92 Å². The van der Waals surface area contributed by atoms with E-state index in [1.807, 2.05) is 18.2 Å². The highest BCUT2D eigenvalue weighted by Crippen LogP contribution is 2.29. The molecule has 0 amide bonds. The van der Waals surface area contributed by atoms with Gasteiger partial charge in [-0.05, 0) is 49.4 Å². The Kier molecular flexibility index (Phi) is 4.93. The number of sulfonamides is 1. The Hall–Kier alpha value is -3.78. The van der Waals surface area contributed by atoms with Gasteiger partial charge >= 0.3 is 5.97 Å². The maximum Gasteiger partial charge on any atom is 0.372 e. The standard InChI is InChI=1S/C22H17NO6S/c1-14-19-13-18(10-11-20(19)29-21(14)22(24)25)30(26,27)23-15-6-5-9-17(12-15)28-16-7-3-2-4-8-16/h2-13,23H,1H3,(H,24,25). The lowest BCUT2D eigenvalue weighted by Crippen LogP contribution is -2.12. The Balaban J connectivity index is 1.62. The Morgan fingerprint density at radius 1 is 0.967 bits per heavy atom. The summed E-state index contributed by atoms with van der Waals surface area (Å²) in [5.41, 5.74) is 1.01. The van der Waals surface area contributed by atoms with Gasteiger partial charge in [-0.3, -0.25) is 4.72 Å². The van der Waals surface area contributed by atoms with Gasteiger partial charge in [0.1, 0.15) is 17.1 Å². The van der Waals surface area contributed by atoms with Crippen molar-refractivity contribution in [2.45, 2.75) is 11.8 Å². The highest BCUT2D eigenvalue weighted by molar-refractivity contribution is 7.92. The van der Waals surface area contributed by atoms with E-state index in [0.717, 1.165) is 0 Å². The molecule has 152 valence electrons. The molecule has 0 aliphatic carbocycles. The van der Waals surface area contributed by atoms with Gasteiger partial charge in [0, 0.05) is 17.0 Å². The molecule has 4 rings (SSSR count). The lowest BCUT2D eigenvalue weighted by atomic mass is 10.1. The zero-order valence-electron chi connectivity index (χ0n) is 15.8. The van der Waals surface area contributed by atoms with E-state index >= 15 is 0 Å². The predicted octanol–water partition coefficient (Wildman–Crippen LogP) is 5.03. The summed E-state index contributed by atoms with van der Waals surface area (Å²) in [7, 11) is -3.92. The molecule has 0 spiro atoms. The molecule has 0 atom stereocenters. The molecule has 0 unspecified atom stereocenters. The minimum absolute atomic E-state index is 0.00906. The molecule has 7 nitrogen and oxygen atoms in total. The fourth-order valence-electron chi connectivity index (χ4n) is 3.03. The second-order valence-electron chi connectivity index (χ2n) is 6.57. The number of carbonyl (C=O) groups is 1. The van der Waals surface area contributed by atoms with Crippen LogP contribution in [0.3, 0.4) is 0 Å². The Bertz CT molecular complexity index is 1340. The van der Waals surface area contributed by atoms with Gasteiger partial charge in [-0.25, -0.2) is 13.2 Å². The molecule has 8 heteroatoms. The van der Waals surface area contributed by atoms with Gasteiger partial charge in [0.2, 0.25) is 5.76 Å². The number of hydrogen-bond donors (Lipinski definition) is 2. The van der Waals surface area contributed by atoms with E-state index in [1.165, 1.54) is 18.2 Å². The molecule has 0 fully saturated rings. The number of benzene rings is 3. The molecule has 0 saturated heterocycles. The molecular weight excluding hydrogens is 406 g/mol. The number of carboxylic acids is 1. The second kappa shape index (κ2) is 7.57. The van der Waals surface area contributed by atoms with Crippen LogP contribution >= 0.6 is 0 Å². The van der Waals surface area contributed by atoms with Crippen molar-refractivity contribution in [3.05, 3.63) is 84.1 Å². The SMILES string of the molecule is Cc1c(C(=O)O)oc2ccc(S(=O)(=O)Nc3cccc(Oc4ccccc4)c3)cc12. The van der Waals surface area contributed by atoms with E-state index in [0.29, 0.717) is 33.7 Å². The maximum atomic E-state index is 12.9. The van der Waals surface area contributed by atoms with Gasteiger partial charge in [-0.15, -0.1) is 0 Å². The number of para-hydroxylation sites is 1. The lowest BCUT2D eigenvalue weighted by molar-refractivity contribution is 0.0664. The van der Waals surface area contributed by atoms with Gasteiger partial charge < -0.3 is 14.3 Å². The fraction of sp³-hybridized carbons (Fsp3) is 0.0455. The van der Waals surface area contributed by atoms with E-state index < -0.39 is 16.0 Å². The quantitative estimate of drug-likeness (QED) is 0.450. The predicted molar refractivity (Wildman–Crippen MR) is 112 cm³/mol. The molecule has 1 aromatic heterocycles. The van der Waals surface area contributed by atoms with Gasteiger partial charge in [0.15, 0.2) is 0 Å². The molecule has 4 aromatic rings. The number of fused-ring (bicyclic) bond motifs is 1. The highest BCUT2D eigenvalue weighted by atomic mass is 32.2. The number of aryl methyl sites for hydroxylation is 1. The van der Waals surface area contributed by atoms with Crippen molar-refractivity contribution in [3.8, 4) is 11.5 Å². The summed E-state index contributed by atoms with van der Waals surface area (Å²) in [6.45, 7) is 1.57. The van der Waals surface area contributed by atoms with Crippen molar-refractivity contribution in [2.75, 3.05) is 4.72 Å². The number of nitrogens with one attached hydrogen (secondary N) is 1. The van der Waals surface area contributed by atoms with Gasteiger partial charge in [0.25, 0.3) is 10.0 Å². The van der Waals surface area contributed by atoms with Crippen molar-refractivity contribution in [3.63, 3.8) is 0 Å². The monoisotopic (exact) mass is 423 g/mol. The van der Waals surface area contributed by atoms with Gasteiger partial charge in [-0.2, -0.15) is 0 Å². The Morgan fingerprint density at radius 2 is 1.70 bits per heavy atom. The number of aromatic carboxylic acids is 1. The lowest BCUT2D eigenvalue weighted by Gasteiger charge is -2.10. The smallest absolute Gasteiger partial charge is 0.372 e. The van der Waals surface area contributed by atoms with Crippen molar-refractivity contribution in [1.82, 2.24) is 0 Å². The normalized spacial score (nSPS) is 11.4. The first-order valence-corrected chi connectivity index (χ1v) is 10.4. The zero-order valence-corrected chi connectivity index (χ0v) is 16.6. The van der Waals surface area contributed by atoms with Crippen LogP contribution in [0.25, 0.3) is 11.0 Å². The van der Waals surface area contributed by atoms with Crippen LogP contribution < -0.4 is 9.46 Å². The number of rotatable bonds is 6. The van der Waals surface area contributed by atoms with E-state index in [9.17, 15) is 18.3 Å². The summed E-state index contributed by atoms with van der Waals surface area (Å²) in [5.74, 6) is -0.305. The molecule has 0 saturated carbocycles. The topological polar surface area (TPSA) is 106 Å². The van der Waals surface area contributed by atoms with Crippen LogP contribution in [0.1, 0.15) is 16.1 Å². The summed E-state index contributed by atoms with van der Waals surface area (Å²) in [5, 5.41) is 9.61. The number of anilines is 1. The molecule has 30 heavy (non-hydrogen) atoms. The number of furan rings is 1. The first kappa shape index (κ1) is 19.5. The van der Waals surface area contributed by atoms with Crippen LogP contribution in [-0.4, -0.2) is 19.5 Å². The third-order valence-corrected chi connectivity index (χ3v) is 5.86. The Morgan fingerprint density at radius 3 is 2.43 bits per heavy atom. The molecule has 1 heterocycles. The third-order valence-electron chi connectivity index (χ3n) is 4.48. The largest absolute Gasteiger partial charge is 0.475 e. The zero-order chi connectivity index (χ0) is 21.3. The average molecular weight is 423 g/mol. The third kappa shape index (κ3) is 3.85. The molecule has 3 aromatic carbocycles. The summed E-state index contributed by atoms with van der Waals surface area (Å²) in [4.78, 5) is 11.2. The van der Waals surface area contributed by atoms with E-state index in [-0.39, 0.29) is 10.7 Å². The summed E-state index contributed by atoms with van der Waals surface area (Å²) in [6.07, 6.45) is 0. The Labute approximate surface area is 172 Å². The summed E-state index contributed by atoms with van der Waals surface area (Å²) in [6, 6.07) is 19.9. The van der Waals surface area contributed by atoms with E-state index in [2.05, 4.69) is 4.72 Å². The highest BCUT2D eigenvalue weighted by Gasteiger charge is 2.20. The molecular formula is C22H17NO6S. The van der Waals surface area contributed by atoms with Crippen molar-refractivity contribution in [2.24, 2.45) is 0 Å². The molecule has 0 aliphatic heterocycles. The fourth-order valence-corrected chi connectivity index (χ4v) is 4.11. The molecule has 0 aliphatic rings. The van der Waals surface area contributed by atoms with Crippen LogP contribution in [0.2, 0.25) is 0 Å². The van der Waals surface area contributed by atoms with Crippen LogP contribution in [0.4, 0.5) is 5.69 Å². The van der Waals surface area contributed by atoms with Crippen LogP contribution in [-0.2, 0) is 10.0 Å².